The van der Waals surface area contributed by atoms with Gasteiger partial charge in [0.1, 0.15) is 46.2 Å². The maximum Gasteiger partial charge on any atom is 0.573 e. The monoisotopic (exact) mass is 1810 g/mol. The van der Waals surface area contributed by atoms with Gasteiger partial charge in [0.25, 0.3) is 30.4 Å². The summed E-state index contributed by atoms with van der Waals surface area (Å²) in [6.07, 6.45) is 0.128. The summed E-state index contributed by atoms with van der Waals surface area (Å²) >= 11 is -3.55. The topological polar surface area (TPSA) is 430 Å². The minimum absolute atomic E-state index is 0.0693. The summed E-state index contributed by atoms with van der Waals surface area (Å²) in [5.41, 5.74) is 1.65. The van der Waals surface area contributed by atoms with Crippen molar-refractivity contribution in [2.75, 3.05) is 0 Å². The lowest BCUT2D eigenvalue weighted by Crippen LogP contribution is -2.18. The minimum Gasteiger partial charge on any atom is -0.507 e. The summed E-state index contributed by atoms with van der Waals surface area (Å²) < 4.78 is 253. The molecule has 78 heavy (non-hydrogen) atoms. The third-order valence-corrected chi connectivity index (χ3v) is 24.4. The summed E-state index contributed by atoms with van der Waals surface area (Å²) in [5.74, 6) is -1.38. The predicted octanol–water partition coefficient (Wildman–Crippen LogP) is 12.4. The van der Waals surface area contributed by atoms with E-state index in [1.807, 2.05) is 0 Å². The first-order valence-corrected chi connectivity index (χ1v) is 40.8. The number of ether oxygens (including phenoxy) is 1. The van der Waals surface area contributed by atoms with Crippen LogP contribution in [-0.4, -0.2) is 60.2 Å². The number of rotatable bonds is 12. The quantitative estimate of drug-likeness (QED) is 0.0292. The second-order valence-electron chi connectivity index (χ2n) is 14.4. The number of benzene rings is 5. The van der Waals surface area contributed by atoms with Crippen molar-refractivity contribution in [2.24, 2.45) is 0 Å². The Morgan fingerprint density at radius 3 is 1.53 bits per heavy atom. The van der Waals surface area contributed by atoms with Crippen molar-refractivity contribution < 1.29 is 111 Å². The van der Waals surface area contributed by atoms with Gasteiger partial charge in [0.2, 0.25) is 0 Å². The van der Waals surface area contributed by atoms with Crippen LogP contribution in [-0.2, 0) is 65.6 Å². The highest BCUT2D eigenvalue weighted by molar-refractivity contribution is 14.2. The molecule has 6 N–H and O–H groups in total. The molecule has 0 bridgehead atoms. The van der Waals surface area contributed by atoms with Crippen molar-refractivity contribution in [2.45, 2.75) is 66.0 Å². The maximum absolute atomic E-state index is 12.0. The molecule has 6 rings (SSSR count). The van der Waals surface area contributed by atoms with Crippen LogP contribution in [0.4, 0.5) is 13.2 Å². The Labute approximate surface area is 489 Å². The average Bonchev–Trinajstić information content (AvgIpc) is 3.28. The normalized spacial score (nSPS) is 13.3. The average molecular weight is 1820 g/mol. The van der Waals surface area contributed by atoms with Crippen molar-refractivity contribution in [1.29, 1.82) is 0 Å². The second kappa shape index (κ2) is 30.8. The number of hydrogen-bond acceptors (Lipinski definition) is 20. The number of phosphoric acid groups is 1. The van der Waals surface area contributed by atoms with Gasteiger partial charge in [-0.25, -0.2) is 35.3 Å². The molecule has 1 saturated carbocycles. The summed E-state index contributed by atoms with van der Waals surface area (Å²) in [7, 11) is -19.0. The van der Waals surface area contributed by atoms with Crippen LogP contribution in [0.25, 0.3) is 0 Å². The summed E-state index contributed by atoms with van der Waals surface area (Å²) in [6, 6.07) is 17.2. The zero-order chi connectivity index (χ0) is 60.1. The van der Waals surface area contributed by atoms with Crippen LogP contribution in [0.3, 0.4) is 0 Å². The molecule has 0 atom stereocenters. The number of aryl methyl sites for hydroxylation is 1. The molecule has 0 amide bonds. The molecule has 1 aliphatic carbocycles. The van der Waals surface area contributed by atoms with Crippen molar-refractivity contribution in [1.82, 2.24) is 0 Å². The maximum atomic E-state index is 12.0. The molecule has 1 aliphatic rings. The predicted molar refractivity (Wildman–Crippen MR) is 299 cm³/mol. The molecule has 436 valence electrons. The van der Waals surface area contributed by atoms with E-state index in [1.54, 1.807) is 19.1 Å². The Balaban J connectivity index is 0.000000337. The molecule has 0 radical (unpaired) electrons. The standard InChI is InChI=1S/C12H15IO5S.C7H4F3IO6S.C7H7IO3.C6H2Cl3IO5S.C6H6IO6P/c14-13(15)11-7-6-10(8-12(11)19(16,17)18)9-4-2-1-3-5-9;8-7(9,10)17-4-2-1-3-5(18(14,15)16)6(4)11(12)13;1-5-2-3-6(8(10)11)7(9)4-5;7-2-1-3(8)5(10(11)12)6(4(2)9)16(13,14)15;8-7(9)5-3-1-2-4-6(5)13-14(10,11)12/h6-9H,1-5H2,(H,16,17,18);1-3H,(H,14,15,16);2-4,9H,1H3;1H,(H,13,14,15);1-4H,(H2,10,11,12). The Kier molecular flexibility index (Phi) is 28.4. The van der Waals surface area contributed by atoms with Gasteiger partial charge in [-0.05, 0) is 91.4 Å². The van der Waals surface area contributed by atoms with Gasteiger partial charge < -0.3 is 14.4 Å². The van der Waals surface area contributed by atoms with Gasteiger partial charge in [-0.1, -0.05) is 84.4 Å². The van der Waals surface area contributed by atoms with E-state index in [4.69, 9.17) is 63.4 Å². The van der Waals surface area contributed by atoms with Gasteiger partial charge >= 0.3 is 113 Å². The summed E-state index contributed by atoms with van der Waals surface area (Å²) in [5, 5.41) is 7.87. The lowest BCUT2D eigenvalue weighted by Gasteiger charge is -2.22. The molecule has 0 saturated heterocycles. The number of phenols is 1. The first-order valence-electron chi connectivity index (χ1n) is 19.6. The Hall–Kier alpha value is -2.31. The molecular weight excluding hydrogens is 1780 g/mol. The third kappa shape index (κ3) is 23.5. The Bertz CT molecular complexity index is 3800. The van der Waals surface area contributed by atoms with Crippen LogP contribution in [0.2, 0.25) is 15.1 Å². The van der Waals surface area contributed by atoms with Gasteiger partial charge in [0.05, 0.1) is 18.6 Å². The van der Waals surface area contributed by atoms with E-state index in [-0.39, 0.29) is 33.2 Å². The molecule has 1 fully saturated rings. The van der Waals surface area contributed by atoms with E-state index >= 15 is 0 Å². The molecule has 40 heteroatoms. The lowest BCUT2D eigenvalue weighted by atomic mass is 9.84. The highest BCUT2D eigenvalue weighted by Crippen LogP contribution is 2.43. The van der Waals surface area contributed by atoms with Gasteiger partial charge in [0.15, 0.2) is 0 Å². The highest BCUT2D eigenvalue weighted by Gasteiger charge is 2.35. The number of aromatic hydroxyl groups is 1. The summed E-state index contributed by atoms with van der Waals surface area (Å²) in [6.45, 7) is 1.79. The SMILES string of the molecule is Cc1ccc(I(=O)=O)c(O)c1.O=I(=O)c1c(Cl)cc(Cl)c(Cl)c1S(=O)(=O)O.O=I(=O)c1c(OC(F)(F)F)cccc1S(=O)(=O)O.O=I(=O)c1ccc(C2CCCCC2)cc1S(=O)(=O)O.O=I(=O)c1ccccc1OP(=O)(O)O. The van der Waals surface area contributed by atoms with E-state index in [0.717, 1.165) is 48.9 Å². The van der Waals surface area contributed by atoms with Crippen molar-refractivity contribution in [3.05, 3.63) is 129 Å². The van der Waals surface area contributed by atoms with Gasteiger partial charge in [0, 0.05) is 0 Å². The zero-order valence-corrected chi connectivity index (χ0v) is 54.4. The highest BCUT2D eigenvalue weighted by atomic mass is 127. The molecular formula is C38H34Cl3F3I5O25PS3. The first kappa shape index (κ1) is 71.8. The largest absolute Gasteiger partial charge is 0.573 e. The lowest BCUT2D eigenvalue weighted by molar-refractivity contribution is -0.275. The zero-order valence-electron chi connectivity index (χ0n) is 38.0. The first-order chi connectivity index (χ1) is 35.6. The van der Waals surface area contributed by atoms with Crippen LogP contribution in [0.5, 0.6) is 17.2 Å². The van der Waals surface area contributed by atoms with Crippen LogP contribution >= 0.6 is 142 Å². The van der Waals surface area contributed by atoms with Gasteiger partial charge in [-0.15, -0.1) is 13.2 Å². The Morgan fingerprint density at radius 2 is 1.08 bits per heavy atom. The van der Waals surface area contributed by atoms with E-state index < -0.39 is 181 Å². The van der Waals surface area contributed by atoms with Crippen LogP contribution in [0.1, 0.15) is 49.1 Å². The molecule has 0 aromatic heterocycles. The van der Waals surface area contributed by atoms with Crippen molar-refractivity contribution in [3.63, 3.8) is 0 Å². The van der Waals surface area contributed by atoms with Crippen molar-refractivity contribution >= 4 is 172 Å². The van der Waals surface area contributed by atoms with Crippen molar-refractivity contribution in [3.8, 4) is 17.2 Å². The minimum atomic E-state index is -5.18. The van der Waals surface area contributed by atoms with E-state index in [1.165, 1.54) is 55.0 Å². The van der Waals surface area contributed by atoms with Gasteiger partial charge in [-0.2, -0.15) is 25.3 Å². The van der Waals surface area contributed by atoms with Crippen LogP contribution in [0.15, 0.2) is 99.6 Å². The number of para-hydroxylation sites is 1. The second-order valence-corrected chi connectivity index (χ2v) is 32.8. The molecule has 0 aliphatic heterocycles. The number of halogens is 11. The van der Waals surface area contributed by atoms with E-state index in [9.17, 15) is 73.7 Å². The molecule has 0 spiro atoms. The fraction of sp³-hybridized carbons (Fsp3) is 0.211. The molecule has 5 aromatic carbocycles. The van der Waals surface area contributed by atoms with Gasteiger partial charge in [-0.3, -0.25) is 23.4 Å². The van der Waals surface area contributed by atoms with Crippen LogP contribution < -0.4 is 9.26 Å². The smallest absolute Gasteiger partial charge is 0.507 e. The fourth-order valence-electron chi connectivity index (χ4n) is 6.03. The van der Waals surface area contributed by atoms with Crippen LogP contribution in [0, 0.1) is 24.8 Å². The van der Waals surface area contributed by atoms with E-state index in [0.29, 0.717) is 12.1 Å². The van der Waals surface area contributed by atoms with E-state index in [2.05, 4.69) is 9.26 Å². The number of alkyl halides is 3. The Morgan fingerprint density at radius 1 is 0.577 bits per heavy atom. The fourth-order valence-corrected chi connectivity index (χ4v) is 19.8. The number of hydrogen-bond donors (Lipinski definition) is 6. The molecule has 0 unspecified atom stereocenters. The molecule has 0 heterocycles. The number of phosphoric ester groups is 1. The third-order valence-electron chi connectivity index (χ3n) is 9.03. The molecule has 5 aromatic rings. The summed E-state index contributed by atoms with van der Waals surface area (Å²) in [4.78, 5) is 14.4. The number of phenolic OH excluding ortho intramolecular Hbond substituents is 1. The molecule has 25 nitrogen and oxygen atoms in total.